The Morgan fingerprint density at radius 1 is 1.38 bits per heavy atom. The number of ether oxygens (including phenoxy) is 1. The Hall–Kier alpha value is 0.390. The summed E-state index contributed by atoms with van der Waals surface area (Å²) in [4.78, 5) is 13.6. The molecule has 0 aliphatic carbocycles. The van der Waals surface area contributed by atoms with E-state index in [4.69, 9.17) is 4.74 Å². The van der Waals surface area contributed by atoms with Gasteiger partial charge >= 0.3 is 0 Å². The van der Waals surface area contributed by atoms with Crippen LogP contribution in [-0.4, -0.2) is 46.8 Å². The van der Waals surface area contributed by atoms with Crippen molar-refractivity contribution >= 4 is 37.8 Å². The van der Waals surface area contributed by atoms with Gasteiger partial charge in [-0.2, -0.15) is 0 Å². The largest absolute Gasteiger partial charge is 0.378 e. The summed E-state index contributed by atoms with van der Waals surface area (Å²) in [6, 6.07) is 0. The quantitative estimate of drug-likeness (QED) is 0.721. The van der Waals surface area contributed by atoms with E-state index in [-0.39, 0.29) is 15.6 Å². The number of carbonyl (C=O) groups excluding carboxylic acids is 1. The Morgan fingerprint density at radius 2 is 1.92 bits per heavy atom. The summed E-state index contributed by atoms with van der Waals surface area (Å²) in [6.07, 6.45) is 0. The van der Waals surface area contributed by atoms with Crippen LogP contribution in [0.1, 0.15) is 6.92 Å². The lowest BCUT2D eigenvalue weighted by molar-refractivity contribution is -0.134. The molecule has 0 aromatic carbocycles. The van der Waals surface area contributed by atoms with Crippen molar-refractivity contribution in [1.29, 1.82) is 0 Å². The lowest BCUT2D eigenvalue weighted by Gasteiger charge is -2.29. The van der Waals surface area contributed by atoms with Gasteiger partial charge < -0.3 is 9.64 Å². The first kappa shape index (κ1) is 11.5. The van der Waals surface area contributed by atoms with E-state index in [9.17, 15) is 4.79 Å². The number of hydrogen-bond acceptors (Lipinski definition) is 2. The number of rotatable bonds is 2. The highest BCUT2D eigenvalue weighted by Gasteiger charge is 2.26. The van der Waals surface area contributed by atoms with Crippen LogP contribution in [0, 0.1) is 0 Å². The molecule has 1 fully saturated rings. The Balaban J connectivity index is 2.45. The lowest BCUT2D eigenvalue weighted by atomic mass is 10.3. The van der Waals surface area contributed by atoms with E-state index in [1.807, 2.05) is 11.8 Å². The van der Waals surface area contributed by atoms with Crippen molar-refractivity contribution in [3.8, 4) is 0 Å². The zero-order chi connectivity index (χ0) is 9.84. The third-order valence-corrected chi connectivity index (χ3v) is 4.38. The van der Waals surface area contributed by atoms with E-state index in [2.05, 4.69) is 31.9 Å². The molecule has 76 valence electrons. The van der Waals surface area contributed by atoms with Crippen LogP contribution in [0.15, 0.2) is 0 Å². The Kier molecular flexibility index (Phi) is 4.69. The van der Waals surface area contributed by atoms with Crippen LogP contribution >= 0.6 is 31.9 Å². The highest BCUT2D eigenvalue weighted by molar-refractivity contribution is 9.12. The van der Waals surface area contributed by atoms with E-state index >= 15 is 0 Å². The fourth-order valence-electron chi connectivity index (χ4n) is 1.15. The van der Waals surface area contributed by atoms with Crippen LogP contribution in [0.4, 0.5) is 0 Å². The maximum Gasteiger partial charge on any atom is 0.237 e. The first-order valence-electron chi connectivity index (χ1n) is 4.27. The molecule has 0 spiro atoms. The summed E-state index contributed by atoms with van der Waals surface area (Å²) in [5.74, 6) is 0.146. The molecular weight excluding hydrogens is 302 g/mol. The van der Waals surface area contributed by atoms with Gasteiger partial charge in [-0.15, -0.1) is 0 Å². The van der Waals surface area contributed by atoms with Gasteiger partial charge in [0.2, 0.25) is 5.91 Å². The zero-order valence-electron chi connectivity index (χ0n) is 7.50. The lowest BCUT2D eigenvalue weighted by Crippen LogP contribution is -2.45. The van der Waals surface area contributed by atoms with Gasteiger partial charge in [0.15, 0.2) is 0 Å². The monoisotopic (exact) mass is 313 g/mol. The molecule has 2 unspecified atom stereocenters. The highest BCUT2D eigenvalue weighted by Crippen LogP contribution is 2.16. The summed E-state index contributed by atoms with van der Waals surface area (Å²) in [6.45, 7) is 4.68. The number of hydrogen-bond donors (Lipinski definition) is 0. The third kappa shape index (κ3) is 3.22. The van der Waals surface area contributed by atoms with Crippen molar-refractivity contribution < 1.29 is 9.53 Å². The molecule has 0 radical (unpaired) electrons. The molecule has 3 nitrogen and oxygen atoms in total. The van der Waals surface area contributed by atoms with Crippen LogP contribution in [-0.2, 0) is 9.53 Å². The molecule has 5 heteroatoms. The number of morpholine rings is 1. The predicted molar refractivity (Wildman–Crippen MR) is 58.5 cm³/mol. The fraction of sp³-hybridized carbons (Fsp3) is 0.875. The molecule has 1 rings (SSSR count). The molecule has 13 heavy (non-hydrogen) atoms. The molecule has 0 bridgehead atoms. The topological polar surface area (TPSA) is 29.5 Å². The van der Waals surface area contributed by atoms with Crippen molar-refractivity contribution in [2.24, 2.45) is 0 Å². The first-order chi connectivity index (χ1) is 6.13. The van der Waals surface area contributed by atoms with Gasteiger partial charge in [-0.3, -0.25) is 4.79 Å². The minimum Gasteiger partial charge on any atom is -0.378 e. The fourth-order valence-corrected chi connectivity index (χ4v) is 1.67. The third-order valence-electron chi connectivity index (χ3n) is 1.96. The maximum absolute atomic E-state index is 11.7. The van der Waals surface area contributed by atoms with Crippen molar-refractivity contribution in [1.82, 2.24) is 4.90 Å². The normalized spacial score (nSPS) is 22.5. The van der Waals surface area contributed by atoms with E-state index in [0.29, 0.717) is 26.3 Å². The zero-order valence-corrected chi connectivity index (χ0v) is 10.7. The highest BCUT2D eigenvalue weighted by atomic mass is 79.9. The van der Waals surface area contributed by atoms with Crippen molar-refractivity contribution in [3.05, 3.63) is 0 Å². The Morgan fingerprint density at radius 3 is 2.38 bits per heavy atom. The average molecular weight is 315 g/mol. The van der Waals surface area contributed by atoms with Crippen molar-refractivity contribution in [2.45, 2.75) is 16.6 Å². The van der Waals surface area contributed by atoms with E-state index in [0.717, 1.165) is 0 Å². The standard InChI is InChI=1S/C8H13Br2NO2/c1-6(9)7(10)8(12)11-2-4-13-5-3-11/h6-7H,2-5H2,1H3. The second-order valence-corrected chi connectivity index (χ2v) is 5.45. The molecule has 1 aliphatic rings. The summed E-state index contributed by atoms with van der Waals surface area (Å²) >= 11 is 6.75. The molecule has 0 saturated carbocycles. The number of carbonyl (C=O) groups is 1. The van der Waals surface area contributed by atoms with Gasteiger partial charge in [0, 0.05) is 17.9 Å². The Bertz CT molecular complexity index is 181. The summed E-state index contributed by atoms with van der Waals surface area (Å²) in [5.41, 5.74) is 0. The predicted octanol–water partition coefficient (Wildman–Crippen LogP) is 1.39. The minimum atomic E-state index is -0.134. The average Bonchev–Trinajstić information content (AvgIpc) is 2.17. The van der Waals surface area contributed by atoms with Crippen LogP contribution in [0.5, 0.6) is 0 Å². The first-order valence-corrected chi connectivity index (χ1v) is 6.10. The molecule has 1 heterocycles. The second-order valence-electron chi connectivity index (χ2n) is 3.02. The molecule has 2 atom stereocenters. The van der Waals surface area contributed by atoms with Crippen molar-refractivity contribution in [3.63, 3.8) is 0 Å². The van der Waals surface area contributed by atoms with E-state index in [1.54, 1.807) is 0 Å². The van der Waals surface area contributed by atoms with Gasteiger partial charge in [-0.05, 0) is 0 Å². The number of halogens is 2. The maximum atomic E-state index is 11.7. The van der Waals surface area contributed by atoms with Gasteiger partial charge in [0.1, 0.15) is 4.83 Å². The van der Waals surface area contributed by atoms with Crippen LogP contribution < -0.4 is 0 Å². The van der Waals surface area contributed by atoms with Crippen LogP contribution in [0.25, 0.3) is 0 Å². The van der Waals surface area contributed by atoms with E-state index in [1.165, 1.54) is 0 Å². The molecule has 0 N–H and O–H groups in total. The molecule has 1 amide bonds. The summed E-state index contributed by atoms with van der Waals surface area (Å²) < 4.78 is 5.17. The smallest absolute Gasteiger partial charge is 0.237 e. The van der Waals surface area contributed by atoms with Gasteiger partial charge in [-0.1, -0.05) is 38.8 Å². The molecule has 1 saturated heterocycles. The Labute approximate surface area is 95.1 Å². The summed E-state index contributed by atoms with van der Waals surface area (Å²) in [5, 5.41) is 0. The molecule has 1 aliphatic heterocycles. The summed E-state index contributed by atoms with van der Waals surface area (Å²) in [7, 11) is 0. The number of alkyl halides is 2. The van der Waals surface area contributed by atoms with Crippen LogP contribution in [0.2, 0.25) is 0 Å². The SMILES string of the molecule is CC(Br)C(Br)C(=O)N1CCOCC1. The molecular formula is C8H13Br2NO2. The van der Waals surface area contributed by atoms with Gasteiger partial charge in [-0.25, -0.2) is 0 Å². The van der Waals surface area contributed by atoms with Crippen LogP contribution in [0.3, 0.4) is 0 Å². The molecule has 0 aromatic rings. The van der Waals surface area contributed by atoms with Gasteiger partial charge in [0.05, 0.1) is 13.2 Å². The second kappa shape index (κ2) is 5.32. The van der Waals surface area contributed by atoms with Gasteiger partial charge in [0.25, 0.3) is 0 Å². The number of amides is 1. The number of nitrogens with zero attached hydrogens (tertiary/aromatic N) is 1. The molecule has 0 aromatic heterocycles. The minimum absolute atomic E-state index is 0.134. The van der Waals surface area contributed by atoms with E-state index < -0.39 is 0 Å². The van der Waals surface area contributed by atoms with Crippen molar-refractivity contribution in [2.75, 3.05) is 26.3 Å².